The summed E-state index contributed by atoms with van der Waals surface area (Å²) in [7, 11) is 0. The first-order chi connectivity index (χ1) is 8.93. The molecule has 0 radical (unpaired) electrons. The van der Waals surface area contributed by atoms with Gasteiger partial charge in [-0.05, 0) is 41.1 Å². The first-order valence-corrected chi connectivity index (χ1v) is 6.94. The third-order valence-corrected chi connectivity index (χ3v) is 3.25. The lowest BCUT2D eigenvalue weighted by Crippen LogP contribution is -2.23. The SMILES string of the molecule is CCCC(CC(=O)O)Nc1ccc(I)cc1[N+](=O)[O-]. The summed E-state index contributed by atoms with van der Waals surface area (Å²) in [5.74, 6) is -0.917. The van der Waals surface area contributed by atoms with Gasteiger partial charge in [0.25, 0.3) is 5.69 Å². The maximum absolute atomic E-state index is 11.0. The van der Waals surface area contributed by atoms with Crippen molar-refractivity contribution in [2.75, 3.05) is 5.32 Å². The minimum atomic E-state index is -0.917. The monoisotopic (exact) mass is 378 g/mol. The average molecular weight is 378 g/mol. The molecule has 0 spiro atoms. The maximum atomic E-state index is 11.0. The number of nitro groups is 1. The number of rotatable bonds is 7. The van der Waals surface area contributed by atoms with E-state index in [2.05, 4.69) is 5.32 Å². The third-order valence-electron chi connectivity index (χ3n) is 2.57. The number of carboxylic acids is 1. The lowest BCUT2D eigenvalue weighted by atomic mass is 10.1. The van der Waals surface area contributed by atoms with Crippen molar-refractivity contribution in [3.63, 3.8) is 0 Å². The number of nitro benzene ring substituents is 1. The first kappa shape index (κ1) is 15.7. The second-order valence-electron chi connectivity index (χ2n) is 4.15. The highest BCUT2D eigenvalue weighted by Crippen LogP contribution is 2.27. The van der Waals surface area contributed by atoms with Crippen LogP contribution in [0.4, 0.5) is 11.4 Å². The number of hydrogen-bond acceptors (Lipinski definition) is 4. The second kappa shape index (κ2) is 7.27. The van der Waals surface area contributed by atoms with E-state index in [1.54, 1.807) is 12.1 Å². The number of aliphatic carboxylic acids is 1. The zero-order valence-corrected chi connectivity index (χ0v) is 12.6. The summed E-state index contributed by atoms with van der Waals surface area (Å²) >= 11 is 2.00. The second-order valence-corrected chi connectivity index (χ2v) is 5.39. The van der Waals surface area contributed by atoms with Gasteiger partial charge in [0, 0.05) is 15.7 Å². The van der Waals surface area contributed by atoms with E-state index in [0.717, 1.165) is 9.99 Å². The van der Waals surface area contributed by atoms with Crippen LogP contribution in [-0.4, -0.2) is 22.0 Å². The Labute approximate surface area is 124 Å². The summed E-state index contributed by atoms with van der Waals surface area (Å²) in [6, 6.07) is 4.53. The van der Waals surface area contributed by atoms with Gasteiger partial charge in [0.1, 0.15) is 5.69 Å². The molecule has 0 aromatic heterocycles. The first-order valence-electron chi connectivity index (χ1n) is 5.86. The van der Waals surface area contributed by atoms with Crippen LogP contribution in [0.5, 0.6) is 0 Å². The smallest absolute Gasteiger partial charge is 0.305 e. The van der Waals surface area contributed by atoms with Crippen LogP contribution in [0.2, 0.25) is 0 Å². The maximum Gasteiger partial charge on any atom is 0.305 e. The summed E-state index contributed by atoms with van der Waals surface area (Å²) in [4.78, 5) is 21.3. The Bertz CT molecular complexity index is 479. The molecule has 0 aliphatic heterocycles. The van der Waals surface area contributed by atoms with Gasteiger partial charge < -0.3 is 10.4 Å². The van der Waals surface area contributed by atoms with Crippen LogP contribution < -0.4 is 5.32 Å². The molecule has 104 valence electrons. The highest BCUT2D eigenvalue weighted by atomic mass is 127. The van der Waals surface area contributed by atoms with E-state index in [1.807, 2.05) is 29.5 Å². The van der Waals surface area contributed by atoms with E-state index in [1.165, 1.54) is 6.07 Å². The number of anilines is 1. The van der Waals surface area contributed by atoms with Crippen LogP contribution in [0.3, 0.4) is 0 Å². The van der Waals surface area contributed by atoms with Crippen molar-refractivity contribution in [1.82, 2.24) is 0 Å². The summed E-state index contributed by atoms with van der Waals surface area (Å²) < 4.78 is 0.764. The topological polar surface area (TPSA) is 92.5 Å². The Balaban J connectivity index is 2.95. The molecule has 6 nitrogen and oxygen atoms in total. The van der Waals surface area contributed by atoms with E-state index in [4.69, 9.17) is 5.11 Å². The fraction of sp³-hybridized carbons (Fsp3) is 0.417. The van der Waals surface area contributed by atoms with E-state index in [-0.39, 0.29) is 18.2 Å². The highest BCUT2D eigenvalue weighted by molar-refractivity contribution is 14.1. The molecule has 0 aliphatic carbocycles. The van der Waals surface area contributed by atoms with Crippen molar-refractivity contribution in [3.8, 4) is 0 Å². The summed E-state index contributed by atoms with van der Waals surface area (Å²) in [5, 5.41) is 22.8. The van der Waals surface area contributed by atoms with Crippen molar-refractivity contribution in [3.05, 3.63) is 31.9 Å². The van der Waals surface area contributed by atoms with Gasteiger partial charge in [-0.25, -0.2) is 0 Å². The molecule has 1 unspecified atom stereocenters. The molecular weight excluding hydrogens is 363 g/mol. The normalized spacial score (nSPS) is 11.9. The van der Waals surface area contributed by atoms with Gasteiger partial charge in [-0.1, -0.05) is 13.3 Å². The standard InChI is InChI=1S/C12H15IN2O4/c1-2-3-9(7-12(16)17)14-10-5-4-8(13)6-11(10)15(18)19/h4-6,9,14H,2-3,7H2,1H3,(H,16,17). The van der Waals surface area contributed by atoms with Gasteiger partial charge in [0.05, 0.1) is 11.3 Å². The molecule has 1 atom stereocenters. The lowest BCUT2D eigenvalue weighted by molar-refractivity contribution is -0.384. The Hall–Kier alpha value is -1.38. The van der Waals surface area contributed by atoms with Crippen LogP contribution in [0.25, 0.3) is 0 Å². The number of nitrogens with one attached hydrogen (secondary N) is 1. The van der Waals surface area contributed by atoms with Crippen LogP contribution in [0, 0.1) is 13.7 Å². The van der Waals surface area contributed by atoms with Crippen molar-refractivity contribution >= 4 is 39.9 Å². The zero-order chi connectivity index (χ0) is 14.4. The van der Waals surface area contributed by atoms with Crippen molar-refractivity contribution < 1.29 is 14.8 Å². The van der Waals surface area contributed by atoms with Crippen molar-refractivity contribution in [2.45, 2.75) is 32.2 Å². The molecule has 19 heavy (non-hydrogen) atoms. The molecule has 1 aromatic rings. The minimum absolute atomic E-state index is 0.0293. The molecule has 2 N–H and O–H groups in total. The third kappa shape index (κ3) is 5.01. The Morgan fingerprint density at radius 2 is 2.26 bits per heavy atom. The van der Waals surface area contributed by atoms with E-state index >= 15 is 0 Å². The molecule has 0 saturated heterocycles. The molecule has 0 fully saturated rings. The van der Waals surface area contributed by atoms with E-state index < -0.39 is 10.9 Å². The highest BCUT2D eigenvalue weighted by Gasteiger charge is 2.19. The molecule has 0 aliphatic rings. The van der Waals surface area contributed by atoms with Gasteiger partial charge in [0.2, 0.25) is 0 Å². The van der Waals surface area contributed by atoms with Gasteiger partial charge in [-0.3, -0.25) is 14.9 Å². The summed E-state index contributed by atoms with van der Waals surface area (Å²) in [6.07, 6.45) is 1.40. The molecule has 1 aromatic carbocycles. The van der Waals surface area contributed by atoms with Crippen LogP contribution in [0.15, 0.2) is 18.2 Å². The predicted octanol–water partition coefficient (Wildman–Crippen LogP) is 3.25. The van der Waals surface area contributed by atoms with Gasteiger partial charge in [0.15, 0.2) is 0 Å². The van der Waals surface area contributed by atoms with Crippen molar-refractivity contribution in [2.24, 2.45) is 0 Å². The van der Waals surface area contributed by atoms with Gasteiger partial charge in [-0.15, -0.1) is 0 Å². The predicted molar refractivity (Wildman–Crippen MR) is 80.4 cm³/mol. The van der Waals surface area contributed by atoms with Crippen LogP contribution >= 0.6 is 22.6 Å². The van der Waals surface area contributed by atoms with E-state index in [9.17, 15) is 14.9 Å². The summed E-state index contributed by atoms with van der Waals surface area (Å²) in [5.41, 5.74) is 0.337. The number of nitrogens with zero attached hydrogens (tertiary/aromatic N) is 1. The van der Waals surface area contributed by atoms with Gasteiger partial charge in [-0.2, -0.15) is 0 Å². The van der Waals surface area contributed by atoms with Crippen LogP contribution in [0.1, 0.15) is 26.2 Å². The molecule has 1 rings (SSSR count). The molecular formula is C12H15IN2O4. The molecule has 0 bridgehead atoms. The molecule has 7 heteroatoms. The number of halogens is 1. The molecule has 0 saturated carbocycles. The van der Waals surface area contributed by atoms with E-state index in [0.29, 0.717) is 12.1 Å². The Morgan fingerprint density at radius 3 is 2.79 bits per heavy atom. The lowest BCUT2D eigenvalue weighted by Gasteiger charge is -2.17. The largest absolute Gasteiger partial charge is 0.481 e. The van der Waals surface area contributed by atoms with Gasteiger partial charge >= 0.3 is 5.97 Å². The van der Waals surface area contributed by atoms with Crippen LogP contribution in [-0.2, 0) is 4.79 Å². The fourth-order valence-electron chi connectivity index (χ4n) is 1.78. The Morgan fingerprint density at radius 1 is 1.58 bits per heavy atom. The number of carboxylic acid groups (broad SMARTS) is 1. The number of hydrogen-bond donors (Lipinski definition) is 2. The quantitative estimate of drug-likeness (QED) is 0.432. The molecule has 0 amide bonds. The summed E-state index contributed by atoms with van der Waals surface area (Å²) in [6.45, 7) is 1.94. The van der Waals surface area contributed by atoms with Crippen molar-refractivity contribution in [1.29, 1.82) is 0 Å². The number of carbonyl (C=O) groups is 1. The number of benzene rings is 1. The fourth-order valence-corrected chi connectivity index (χ4v) is 2.26. The Kier molecular flexibility index (Phi) is 6.00. The zero-order valence-electron chi connectivity index (χ0n) is 10.4. The molecule has 0 heterocycles. The minimum Gasteiger partial charge on any atom is -0.481 e. The average Bonchev–Trinajstić information content (AvgIpc) is 2.30.